The van der Waals surface area contributed by atoms with Crippen molar-refractivity contribution in [2.75, 3.05) is 17.9 Å². The minimum absolute atomic E-state index is 0.280. The molecule has 4 rings (SSSR count). The zero-order valence-corrected chi connectivity index (χ0v) is 20.3. The second-order valence-corrected chi connectivity index (χ2v) is 10.1. The highest BCUT2D eigenvalue weighted by molar-refractivity contribution is 8.01. The number of hydrogen-bond donors (Lipinski definition) is 1. The molecule has 2 heterocycles. The van der Waals surface area contributed by atoms with Gasteiger partial charge in [-0.3, -0.25) is 4.99 Å². The van der Waals surface area contributed by atoms with Crippen LogP contribution in [0.1, 0.15) is 66.7 Å². The van der Waals surface area contributed by atoms with Gasteiger partial charge in [-0.2, -0.15) is 0 Å². The van der Waals surface area contributed by atoms with Gasteiger partial charge < -0.3 is 9.46 Å². The molecule has 1 N–H and O–H groups in total. The van der Waals surface area contributed by atoms with Crippen molar-refractivity contribution in [1.29, 1.82) is 0 Å². The molecule has 4 heteroatoms. The van der Waals surface area contributed by atoms with Crippen molar-refractivity contribution in [2.24, 2.45) is 4.99 Å². The zero-order chi connectivity index (χ0) is 22.2. The third kappa shape index (κ3) is 6.26. The van der Waals surface area contributed by atoms with Crippen molar-refractivity contribution in [3.05, 3.63) is 76.5 Å². The highest BCUT2D eigenvalue weighted by atomic mass is 32.2. The summed E-state index contributed by atoms with van der Waals surface area (Å²) in [7, 11) is 0. The van der Waals surface area contributed by atoms with Crippen molar-refractivity contribution in [2.45, 2.75) is 70.0 Å². The van der Waals surface area contributed by atoms with E-state index in [2.05, 4.69) is 73.3 Å². The Morgan fingerprint density at radius 1 is 1.06 bits per heavy atom. The Labute approximate surface area is 197 Å². The first-order chi connectivity index (χ1) is 15.7. The molecule has 0 radical (unpaired) electrons. The van der Waals surface area contributed by atoms with Crippen molar-refractivity contribution < 1.29 is 4.74 Å². The van der Waals surface area contributed by atoms with Crippen LogP contribution in [0, 0.1) is 13.8 Å². The Hall–Kier alpha value is -2.04. The molecule has 2 aromatic rings. The van der Waals surface area contributed by atoms with Crippen LogP contribution >= 0.6 is 11.9 Å². The van der Waals surface area contributed by atoms with E-state index in [0.717, 1.165) is 45.3 Å². The first-order valence-corrected chi connectivity index (χ1v) is 13.0. The van der Waals surface area contributed by atoms with Crippen LogP contribution in [0.25, 0.3) is 0 Å². The predicted molar refractivity (Wildman–Crippen MR) is 139 cm³/mol. The summed E-state index contributed by atoms with van der Waals surface area (Å²) in [5.74, 6) is 0.280. The average molecular weight is 449 g/mol. The van der Waals surface area contributed by atoms with Crippen LogP contribution in [0.3, 0.4) is 0 Å². The lowest BCUT2D eigenvalue weighted by Crippen LogP contribution is -2.18. The lowest BCUT2D eigenvalue weighted by molar-refractivity contribution is 0.100. The van der Waals surface area contributed by atoms with Crippen LogP contribution in [0.4, 0.5) is 5.69 Å². The molecule has 0 aliphatic carbocycles. The molecule has 1 saturated heterocycles. The molecule has 0 saturated carbocycles. The third-order valence-electron chi connectivity index (χ3n) is 6.64. The summed E-state index contributed by atoms with van der Waals surface area (Å²) >= 11 is 1.85. The van der Waals surface area contributed by atoms with E-state index in [1.54, 1.807) is 0 Å². The van der Waals surface area contributed by atoms with E-state index in [1.165, 1.54) is 46.5 Å². The van der Waals surface area contributed by atoms with Gasteiger partial charge in [-0.1, -0.05) is 36.4 Å². The lowest BCUT2D eigenvalue weighted by Gasteiger charge is -2.23. The first kappa shape index (κ1) is 23.1. The lowest BCUT2D eigenvalue weighted by atomic mass is 9.84. The van der Waals surface area contributed by atoms with Crippen molar-refractivity contribution >= 4 is 23.8 Å². The molecule has 2 aliphatic heterocycles. The number of allylic oxidation sites excluding steroid dienone is 2. The van der Waals surface area contributed by atoms with Crippen molar-refractivity contribution in [1.82, 2.24) is 0 Å². The standard InChI is InChI=1S/C28H36N2OS/c1-21-9-7-12-26(22(21)2)27(28-13-5-3-4-6-16-29-28)20-23-10-8-11-24(19-23)30-32-25-14-17-31-18-15-25/h7-13,16,19,25,27,30H,3-6,14-15,17-18,20H2,1-2H3/b28-13-,29-16?. The van der Waals surface area contributed by atoms with Crippen molar-refractivity contribution in [3.63, 3.8) is 0 Å². The number of aryl methyl sites for hydroxylation is 1. The Morgan fingerprint density at radius 2 is 1.88 bits per heavy atom. The number of hydrogen-bond acceptors (Lipinski definition) is 4. The second-order valence-electron chi connectivity index (χ2n) is 9.00. The number of benzene rings is 2. The maximum atomic E-state index is 5.49. The van der Waals surface area contributed by atoms with Gasteiger partial charge in [-0.25, -0.2) is 0 Å². The van der Waals surface area contributed by atoms with E-state index in [0.29, 0.717) is 5.25 Å². The Bertz CT molecular complexity index is 946. The van der Waals surface area contributed by atoms with Crippen LogP contribution in [-0.2, 0) is 11.2 Å². The van der Waals surface area contributed by atoms with Crippen LogP contribution < -0.4 is 4.72 Å². The molecule has 0 spiro atoms. The minimum Gasteiger partial charge on any atom is -0.381 e. The number of nitrogens with zero attached hydrogens (tertiary/aromatic N) is 1. The van der Waals surface area contributed by atoms with E-state index in [4.69, 9.17) is 9.73 Å². The normalized spacial score (nSPS) is 20.1. The van der Waals surface area contributed by atoms with Crippen LogP contribution in [-0.4, -0.2) is 24.7 Å². The zero-order valence-electron chi connectivity index (χ0n) is 19.5. The second kappa shape index (κ2) is 11.7. The third-order valence-corrected chi connectivity index (χ3v) is 7.80. The predicted octanol–water partition coefficient (Wildman–Crippen LogP) is 7.40. The fourth-order valence-corrected chi connectivity index (χ4v) is 5.41. The quantitative estimate of drug-likeness (QED) is 0.448. The van der Waals surface area contributed by atoms with E-state index in [1.807, 2.05) is 11.9 Å². The van der Waals surface area contributed by atoms with Gasteiger partial charge in [0.2, 0.25) is 0 Å². The summed E-state index contributed by atoms with van der Waals surface area (Å²) in [6, 6.07) is 15.6. The maximum Gasteiger partial charge on any atom is 0.0477 e. The molecule has 2 aromatic carbocycles. The van der Waals surface area contributed by atoms with Gasteiger partial charge in [-0.05, 0) is 105 Å². The number of ether oxygens (including phenoxy) is 1. The van der Waals surface area contributed by atoms with E-state index in [9.17, 15) is 0 Å². The highest BCUT2D eigenvalue weighted by Gasteiger charge is 2.21. The molecule has 1 atom stereocenters. The molecule has 170 valence electrons. The molecule has 1 fully saturated rings. The molecule has 0 amide bonds. The van der Waals surface area contributed by atoms with Gasteiger partial charge in [0.1, 0.15) is 0 Å². The van der Waals surface area contributed by atoms with Crippen LogP contribution in [0.2, 0.25) is 0 Å². The molecule has 32 heavy (non-hydrogen) atoms. The summed E-state index contributed by atoms with van der Waals surface area (Å²) in [6.45, 7) is 6.23. The summed E-state index contributed by atoms with van der Waals surface area (Å²) in [6.07, 6.45) is 12.4. The fourth-order valence-electron chi connectivity index (χ4n) is 4.55. The van der Waals surface area contributed by atoms with E-state index in [-0.39, 0.29) is 5.92 Å². The number of nitrogens with one attached hydrogen (secondary N) is 1. The van der Waals surface area contributed by atoms with Gasteiger partial charge in [-0.15, -0.1) is 0 Å². The minimum atomic E-state index is 0.280. The summed E-state index contributed by atoms with van der Waals surface area (Å²) in [4.78, 5) is 4.95. The monoisotopic (exact) mass is 448 g/mol. The molecule has 0 bridgehead atoms. The van der Waals surface area contributed by atoms with Gasteiger partial charge in [0.05, 0.1) is 0 Å². The summed E-state index contributed by atoms with van der Waals surface area (Å²) in [5.41, 5.74) is 7.92. The Balaban J connectivity index is 1.56. The average Bonchev–Trinajstić information content (AvgIpc) is 2.79. The highest BCUT2D eigenvalue weighted by Crippen LogP contribution is 2.34. The fraction of sp³-hybridized carbons (Fsp3) is 0.464. The Morgan fingerprint density at radius 3 is 2.75 bits per heavy atom. The molecular weight excluding hydrogens is 412 g/mol. The molecular formula is C28H36N2OS. The topological polar surface area (TPSA) is 33.6 Å². The molecule has 3 nitrogen and oxygen atoms in total. The summed E-state index contributed by atoms with van der Waals surface area (Å²) < 4.78 is 9.09. The SMILES string of the molecule is Cc1cccc(C(Cc2cccc(NSC3CCOCC3)c2)/C2=C/CCCCC=N2)c1C. The van der Waals surface area contributed by atoms with Gasteiger partial charge in [0.15, 0.2) is 0 Å². The smallest absolute Gasteiger partial charge is 0.0477 e. The molecule has 1 unspecified atom stereocenters. The molecule has 0 aromatic heterocycles. The Kier molecular flexibility index (Phi) is 8.47. The van der Waals surface area contributed by atoms with Gasteiger partial charge in [0, 0.05) is 42.0 Å². The molecule has 2 aliphatic rings. The van der Waals surface area contributed by atoms with E-state index < -0.39 is 0 Å². The largest absolute Gasteiger partial charge is 0.381 e. The van der Waals surface area contributed by atoms with Crippen LogP contribution in [0.15, 0.2) is 59.2 Å². The van der Waals surface area contributed by atoms with Crippen molar-refractivity contribution in [3.8, 4) is 0 Å². The maximum absolute atomic E-state index is 5.49. The van der Waals surface area contributed by atoms with Gasteiger partial charge in [0.25, 0.3) is 0 Å². The van der Waals surface area contributed by atoms with E-state index >= 15 is 0 Å². The van der Waals surface area contributed by atoms with Gasteiger partial charge >= 0.3 is 0 Å². The number of aliphatic imine (C=N–C) groups is 1. The first-order valence-electron chi connectivity index (χ1n) is 12.1. The van der Waals surface area contributed by atoms with Crippen LogP contribution in [0.5, 0.6) is 0 Å². The number of anilines is 1. The number of rotatable bonds is 7. The summed E-state index contributed by atoms with van der Waals surface area (Å²) in [5, 5.41) is 0.629.